The third-order valence-corrected chi connectivity index (χ3v) is 4.91. The van der Waals surface area contributed by atoms with Crippen molar-refractivity contribution in [2.75, 3.05) is 7.11 Å². The second kappa shape index (κ2) is 6.56. The zero-order valence-electron chi connectivity index (χ0n) is 15.5. The number of hydrogen-bond acceptors (Lipinski definition) is 6. The van der Waals surface area contributed by atoms with Crippen molar-refractivity contribution < 1.29 is 14.6 Å². The van der Waals surface area contributed by atoms with Crippen LogP contribution in [-0.4, -0.2) is 38.1 Å². The predicted octanol–water partition coefficient (Wildman–Crippen LogP) is 3.74. The molecule has 3 heterocycles. The molecule has 2 aromatic carbocycles. The van der Waals surface area contributed by atoms with Gasteiger partial charge in [0.1, 0.15) is 22.4 Å². The molecule has 5 rings (SSSR count). The smallest absolute Gasteiger partial charge is 0.339 e. The molecule has 0 unspecified atom stereocenters. The topological polar surface area (TPSA) is 101 Å². The van der Waals surface area contributed by atoms with Crippen molar-refractivity contribution in [1.29, 1.82) is 0 Å². The second-order valence-electron chi connectivity index (χ2n) is 6.78. The number of hydrogen-bond donors (Lipinski definition) is 2. The molecule has 0 bridgehead atoms. The molecule has 7 nitrogen and oxygen atoms in total. The van der Waals surface area contributed by atoms with Gasteiger partial charge in [0.15, 0.2) is 0 Å². The van der Waals surface area contributed by atoms with Crippen LogP contribution in [0.2, 0.25) is 0 Å². The summed E-state index contributed by atoms with van der Waals surface area (Å²) in [5, 5.41) is 13.2. The van der Waals surface area contributed by atoms with Gasteiger partial charge in [-0.05, 0) is 22.4 Å². The first kappa shape index (κ1) is 17.1. The summed E-state index contributed by atoms with van der Waals surface area (Å²) in [6, 6.07) is 15.9. The first-order chi connectivity index (χ1) is 14.1. The molecule has 142 valence electrons. The van der Waals surface area contributed by atoms with Crippen molar-refractivity contribution in [2.24, 2.45) is 0 Å². The SMILES string of the molecule is COC(=O)c1cnc2c(c1)[nH]c1nc(Cc3ccc4ccccc4c3)nc(O)c12. The van der Waals surface area contributed by atoms with Crippen molar-refractivity contribution in [1.82, 2.24) is 19.9 Å². The molecule has 0 saturated heterocycles. The molecule has 0 fully saturated rings. The first-order valence-electron chi connectivity index (χ1n) is 9.05. The van der Waals surface area contributed by atoms with Crippen molar-refractivity contribution in [3.05, 3.63) is 71.7 Å². The summed E-state index contributed by atoms with van der Waals surface area (Å²) < 4.78 is 4.73. The fourth-order valence-corrected chi connectivity index (χ4v) is 3.53. The quantitative estimate of drug-likeness (QED) is 0.460. The van der Waals surface area contributed by atoms with E-state index in [-0.39, 0.29) is 5.88 Å². The number of nitrogens with one attached hydrogen (secondary N) is 1. The molecule has 5 aromatic rings. The van der Waals surface area contributed by atoms with Crippen molar-refractivity contribution >= 4 is 38.8 Å². The van der Waals surface area contributed by atoms with Gasteiger partial charge in [0.2, 0.25) is 5.88 Å². The summed E-state index contributed by atoms with van der Waals surface area (Å²) >= 11 is 0. The summed E-state index contributed by atoms with van der Waals surface area (Å²) in [4.78, 5) is 27.9. The predicted molar refractivity (Wildman–Crippen MR) is 109 cm³/mol. The summed E-state index contributed by atoms with van der Waals surface area (Å²) in [7, 11) is 1.31. The number of ether oxygens (including phenoxy) is 1. The van der Waals surface area contributed by atoms with Crippen LogP contribution in [0.25, 0.3) is 32.8 Å². The third-order valence-electron chi connectivity index (χ3n) is 4.91. The summed E-state index contributed by atoms with van der Waals surface area (Å²) in [6.45, 7) is 0. The molecule has 3 aromatic heterocycles. The molecule has 0 aliphatic carbocycles. The van der Waals surface area contributed by atoms with Gasteiger partial charge in [0.05, 0.1) is 18.2 Å². The van der Waals surface area contributed by atoms with E-state index in [2.05, 4.69) is 44.2 Å². The maximum Gasteiger partial charge on any atom is 0.339 e. The zero-order valence-corrected chi connectivity index (χ0v) is 15.5. The Bertz CT molecular complexity index is 1410. The average Bonchev–Trinajstić information content (AvgIpc) is 3.11. The molecule has 0 amide bonds. The Kier molecular flexibility index (Phi) is 3.87. The minimum atomic E-state index is -0.481. The van der Waals surface area contributed by atoms with Gasteiger partial charge < -0.3 is 14.8 Å². The molecule has 0 radical (unpaired) electrons. The third kappa shape index (κ3) is 2.93. The van der Waals surface area contributed by atoms with Gasteiger partial charge in [-0.3, -0.25) is 4.98 Å². The van der Waals surface area contributed by atoms with Gasteiger partial charge in [-0.15, -0.1) is 0 Å². The highest BCUT2D eigenvalue weighted by Crippen LogP contribution is 2.30. The number of methoxy groups -OCH3 is 1. The lowest BCUT2D eigenvalue weighted by atomic mass is 10.0. The number of nitrogens with zero attached hydrogens (tertiary/aromatic N) is 3. The van der Waals surface area contributed by atoms with E-state index >= 15 is 0 Å². The maximum absolute atomic E-state index is 11.7. The number of benzene rings is 2. The second-order valence-corrected chi connectivity index (χ2v) is 6.78. The number of pyridine rings is 1. The zero-order chi connectivity index (χ0) is 20.0. The number of aromatic amines is 1. The lowest BCUT2D eigenvalue weighted by Crippen LogP contribution is -2.01. The Hall–Kier alpha value is -4.00. The largest absolute Gasteiger partial charge is 0.493 e. The lowest BCUT2D eigenvalue weighted by molar-refractivity contribution is 0.0600. The molecular formula is C22H16N4O3. The summed E-state index contributed by atoms with van der Waals surface area (Å²) in [6.07, 6.45) is 1.88. The van der Waals surface area contributed by atoms with Gasteiger partial charge in [0.25, 0.3) is 0 Å². The number of H-pyrrole nitrogens is 1. The van der Waals surface area contributed by atoms with E-state index in [9.17, 15) is 9.90 Å². The van der Waals surface area contributed by atoms with E-state index in [0.717, 1.165) is 10.9 Å². The van der Waals surface area contributed by atoms with E-state index in [1.54, 1.807) is 6.07 Å². The van der Waals surface area contributed by atoms with Crippen LogP contribution in [0.4, 0.5) is 0 Å². The van der Waals surface area contributed by atoms with Crippen molar-refractivity contribution in [3.8, 4) is 5.88 Å². The van der Waals surface area contributed by atoms with Crippen LogP contribution in [0, 0.1) is 0 Å². The summed E-state index contributed by atoms with van der Waals surface area (Å²) in [5.74, 6) is -0.134. The number of aromatic hydroxyl groups is 1. The Morgan fingerprint density at radius 3 is 2.76 bits per heavy atom. The van der Waals surface area contributed by atoms with Crippen LogP contribution in [0.3, 0.4) is 0 Å². The van der Waals surface area contributed by atoms with E-state index in [1.807, 2.05) is 18.2 Å². The van der Waals surface area contributed by atoms with Crippen LogP contribution in [0.1, 0.15) is 21.7 Å². The molecule has 0 saturated carbocycles. The normalized spacial score (nSPS) is 11.3. The average molecular weight is 384 g/mol. The highest BCUT2D eigenvalue weighted by Gasteiger charge is 2.16. The molecular weight excluding hydrogens is 368 g/mol. The van der Waals surface area contributed by atoms with Gasteiger partial charge >= 0.3 is 5.97 Å². The van der Waals surface area contributed by atoms with Crippen molar-refractivity contribution in [3.63, 3.8) is 0 Å². The van der Waals surface area contributed by atoms with Crippen molar-refractivity contribution in [2.45, 2.75) is 6.42 Å². The number of carbonyl (C=O) groups is 1. The number of rotatable bonds is 3. The van der Waals surface area contributed by atoms with Gasteiger partial charge in [0, 0.05) is 12.6 Å². The Morgan fingerprint density at radius 2 is 1.93 bits per heavy atom. The maximum atomic E-state index is 11.7. The van der Waals surface area contributed by atoms with E-state index in [4.69, 9.17) is 4.74 Å². The minimum Gasteiger partial charge on any atom is -0.493 e. The van der Waals surface area contributed by atoms with Crippen LogP contribution >= 0.6 is 0 Å². The monoisotopic (exact) mass is 384 g/mol. The van der Waals surface area contributed by atoms with E-state index in [1.165, 1.54) is 18.7 Å². The number of esters is 1. The minimum absolute atomic E-state index is 0.143. The molecule has 29 heavy (non-hydrogen) atoms. The first-order valence-corrected chi connectivity index (χ1v) is 9.05. The van der Waals surface area contributed by atoms with Crippen LogP contribution in [0.15, 0.2) is 54.7 Å². The lowest BCUT2D eigenvalue weighted by Gasteiger charge is -2.04. The Labute approximate surface area is 165 Å². The fourth-order valence-electron chi connectivity index (χ4n) is 3.53. The van der Waals surface area contributed by atoms with E-state index < -0.39 is 5.97 Å². The van der Waals surface area contributed by atoms with Gasteiger partial charge in [-0.2, -0.15) is 4.98 Å². The molecule has 2 N–H and O–H groups in total. The number of carbonyl (C=O) groups excluding carboxylic acids is 1. The highest BCUT2D eigenvalue weighted by atomic mass is 16.5. The Balaban J connectivity index is 1.57. The Morgan fingerprint density at radius 1 is 1.10 bits per heavy atom. The standard InChI is InChI=1S/C22H16N4O3/c1-29-22(28)15-10-16-19(23-11-15)18-20(24-16)25-17(26-21(18)27)9-12-6-7-13-4-2-3-5-14(13)8-12/h2-8,10-11H,9H2,1H3,(H2,24,25,26,27). The van der Waals surface area contributed by atoms with E-state index in [0.29, 0.717) is 39.9 Å². The van der Waals surface area contributed by atoms with Crippen LogP contribution in [-0.2, 0) is 11.2 Å². The number of aromatic nitrogens is 4. The molecule has 0 atom stereocenters. The van der Waals surface area contributed by atoms with Gasteiger partial charge in [-0.1, -0.05) is 42.5 Å². The molecule has 0 aliphatic heterocycles. The molecule has 0 aliphatic rings. The molecule has 0 spiro atoms. The number of fused-ring (bicyclic) bond motifs is 4. The fraction of sp³-hybridized carbons (Fsp3) is 0.0909. The molecule has 7 heteroatoms. The summed E-state index contributed by atoms with van der Waals surface area (Å²) in [5.41, 5.74) is 2.91. The van der Waals surface area contributed by atoms with Gasteiger partial charge in [-0.25, -0.2) is 9.78 Å². The van der Waals surface area contributed by atoms with Crippen LogP contribution in [0.5, 0.6) is 5.88 Å². The van der Waals surface area contributed by atoms with Crippen LogP contribution < -0.4 is 0 Å². The highest BCUT2D eigenvalue weighted by molar-refractivity contribution is 6.07.